The average molecular weight is 396 g/mol. The Morgan fingerprint density at radius 3 is 2.39 bits per heavy atom. The number of nitrogens with one attached hydrogen (secondary N) is 2. The van der Waals surface area contributed by atoms with Crippen molar-refractivity contribution >= 4 is 5.96 Å². The van der Waals surface area contributed by atoms with Crippen molar-refractivity contribution in [2.24, 2.45) is 16.8 Å². The van der Waals surface area contributed by atoms with Gasteiger partial charge in [-0.05, 0) is 45.1 Å². The van der Waals surface area contributed by atoms with Gasteiger partial charge in [0.15, 0.2) is 5.96 Å². The molecule has 2 atom stereocenters. The molecule has 6 heteroatoms. The molecule has 6 nitrogen and oxygen atoms in total. The van der Waals surface area contributed by atoms with E-state index in [9.17, 15) is 0 Å². The Morgan fingerprint density at radius 2 is 1.79 bits per heavy atom. The number of guanidine groups is 1. The van der Waals surface area contributed by atoms with E-state index in [0.717, 1.165) is 45.4 Å². The molecule has 2 aliphatic heterocycles. The molecule has 0 amide bonds. The molecule has 0 saturated carbocycles. The summed E-state index contributed by atoms with van der Waals surface area (Å²) in [5, 5.41) is 7.23. The van der Waals surface area contributed by atoms with Crippen molar-refractivity contribution in [2.75, 3.05) is 59.5 Å². The Kier molecular flexibility index (Phi) is 10.6. The normalized spacial score (nSPS) is 24.0. The monoisotopic (exact) mass is 395 g/mol. The number of nitrogens with zero attached hydrogens (tertiary/aromatic N) is 3. The van der Waals surface area contributed by atoms with Gasteiger partial charge in [-0.25, -0.2) is 0 Å². The molecule has 0 aliphatic carbocycles. The van der Waals surface area contributed by atoms with Gasteiger partial charge in [-0.2, -0.15) is 0 Å². The van der Waals surface area contributed by atoms with Crippen LogP contribution in [0, 0.1) is 11.8 Å². The van der Waals surface area contributed by atoms with Crippen LogP contribution >= 0.6 is 0 Å². The Labute approximate surface area is 173 Å². The molecule has 2 fully saturated rings. The van der Waals surface area contributed by atoms with Crippen LogP contribution in [0.5, 0.6) is 0 Å². The summed E-state index contributed by atoms with van der Waals surface area (Å²) in [5.74, 6) is 2.37. The number of aliphatic imine (C=N–C) groups is 1. The number of piperidine rings is 1. The van der Waals surface area contributed by atoms with Crippen molar-refractivity contribution < 1.29 is 4.74 Å². The van der Waals surface area contributed by atoms with Gasteiger partial charge in [0.05, 0.1) is 13.2 Å². The Morgan fingerprint density at radius 1 is 1.07 bits per heavy atom. The standard InChI is InChI=1S/C22H45N5O/c1-6-20(7-2)21(26-11-13-28-14-12-26)16-25-22(23-5)24-15-19-9-8-10-27(17-19)18(3)4/h18-21H,6-17H2,1-5H3,(H2,23,24,25). The van der Waals surface area contributed by atoms with Crippen LogP contribution in [-0.4, -0.2) is 87.4 Å². The molecule has 0 aromatic rings. The first-order chi connectivity index (χ1) is 13.6. The quantitative estimate of drug-likeness (QED) is 0.464. The fraction of sp³-hybridized carbons (Fsp3) is 0.955. The maximum atomic E-state index is 5.57. The number of hydrogen-bond acceptors (Lipinski definition) is 4. The largest absolute Gasteiger partial charge is 0.379 e. The first-order valence-corrected chi connectivity index (χ1v) is 11.6. The zero-order valence-electron chi connectivity index (χ0n) is 19.0. The molecular formula is C22H45N5O. The third-order valence-corrected chi connectivity index (χ3v) is 6.65. The molecule has 0 bridgehead atoms. The molecule has 28 heavy (non-hydrogen) atoms. The van der Waals surface area contributed by atoms with Gasteiger partial charge in [-0.3, -0.25) is 9.89 Å². The van der Waals surface area contributed by atoms with E-state index in [1.54, 1.807) is 0 Å². The number of likely N-dealkylation sites (tertiary alicyclic amines) is 1. The first kappa shape index (κ1) is 23.4. The first-order valence-electron chi connectivity index (χ1n) is 11.6. The van der Waals surface area contributed by atoms with Gasteiger partial charge in [0.25, 0.3) is 0 Å². The van der Waals surface area contributed by atoms with E-state index in [4.69, 9.17) is 4.74 Å². The van der Waals surface area contributed by atoms with Crippen molar-refractivity contribution in [2.45, 2.75) is 65.5 Å². The summed E-state index contributed by atoms with van der Waals surface area (Å²) < 4.78 is 5.57. The van der Waals surface area contributed by atoms with Gasteiger partial charge in [0, 0.05) is 51.9 Å². The second-order valence-corrected chi connectivity index (χ2v) is 8.72. The van der Waals surface area contributed by atoms with Crippen molar-refractivity contribution in [3.05, 3.63) is 0 Å². The molecule has 2 rings (SSSR count). The van der Waals surface area contributed by atoms with Crippen LogP contribution in [0.4, 0.5) is 0 Å². The summed E-state index contributed by atoms with van der Waals surface area (Å²) in [6.07, 6.45) is 5.07. The highest BCUT2D eigenvalue weighted by atomic mass is 16.5. The van der Waals surface area contributed by atoms with Gasteiger partial charge in [0.1, 0.15) is 0 Å². The molecule has 0 aromatic heterocycles. The second-order valence-electron chi connectivity index (χ2n) is 8.72. The average Bonchev–Trinajstić information content (AvgIpc) is 2.74. The van der Waals surface area contributed by atoms with E-state index < -0.39 is 0 Å². The second kappa shape index (κ2) is 12.7. The molecule has 2 aliphatic rings. The predicted molar refractivity (Wildman–Crippen MR) is 119 cm³/mol. The summed E-state index contributed by atoms with van der Waals surface area (Å²) in [7, 11) is 1.89. The molecule has 164 valence electrons. The fourth-order valence-electron chi connectivity index (χ4n) is 4.73. The van der Waals surface area contributed by atoms with Gasteiger partial charge in [0.2, 0.25) is 0 Å². The van der Waals surface area contributed by atoms with Crippen LogP contribution in [0.2, 0.25) is 0 Å². The smallest absolute Gasteiger partial charge is 0.191 e. The summed E-state index contributed by atoms with van der Waals surface area (Å²) in [6, 6.07) is 1.19. The van der Waals surface area contributed by atoms with Gasteiger partial charge in [-0.15, -0.1) is 0 Å². The van der Waals surface area contributed by atoms with Crippen LogP contribution < -0.4 is 10.6 Å². The topological polar surface area (TPSA) is 52.1 Å². The maximum Gasteiger partial charge on any atom is 0.191 e. The van der Waals surface area contributed by atoms with E-state index in [1.165, 1.54) is 38.8 Å². The highest BCUT2D eigenvalue weighted by Gasteiger charge is 2.27. The summed E-state index contributed by atoms with van der Waals surface area (Å²) in [6.45, 7) is 17.5. The molecule has 0 radical (unpaired) electrons. The van der Waals surface area contributed by atoms with Gasteiger partial charge in [-0.1, -0.05) is 26.7 Å². The zero-order chi connectivity index (χ0) is 20.4. The summed E-state index contributed by atoms with van der Waals surface area (Å²) in [4.78, 5) is 9.71. The zero-order valence-corrected chi connectivity index (χ0v) is 19.0. The predicted octanol–water partition coefficient (Wildman–Crippen LogP) is 2.41. The molecule has 0 aromatic carbocycles. The van der Waals surface area contributed by atoms with E-state index in [2.05, 4.69) is 53.1 Å². The molecule has 2 N–H and O–H groups in total. The van der Waals surface area contributed by atoms with E-state index >= 15 is 0 Å². The number of rotatable bonds is 9. The Bertz CT molecular complexity index is 446. The minimum atomic E-state index is 0.545. The van der Waals surface area contributed by atoms with Crippen LogP contribution in [0.3, 0.4) is 0 Å². The van der Waals surface area contributed by atoms with Gasteiger partial charge >= 0.3 is 0 Å². The Hall–Kier alpha value is -0.850. The highest BCUT2D eigenvalue weighted by molar-refractivity contribution is 5.79. The molecule has 0 spiro atoms. The van der Waals surface area contributed by atoms with Crippen LogP contribution in [0.1, 0.15) is 53.4 Å². The van der Waals surface area contributed by atoms with Crippen LogP contribution in [0.15, 0.2) is 4.99 Å². The lowest BCUT2D eigenvalue weighted by Crippen LogP contribution is -2.54. The Balaban J connectivity index is 1.84. The minimum absolute atomic E-state index is 0.545. The van der Waals surface area contributed by atoms with Crippen molar-refractivity contribution in [3.63, 3.8) is 0 Å². The van der Waals surface area contributed by atoms with E-state index in [0.29, 0.717) is 23.9 Å². The summed E-state index contributed by atoms with van der Waals surface area (Å²) in [5.41, 5.74) is 0. The SMILES string of the molecule is CCC(CC)C(CNC(=NC)NCC1CCCN(C(C)C)C1)N1CCOCC1. The number of hydrogen-bond donors (Lipinski definition) is 2. The number of ether oxygens (including phenoxy) is 1. The van der Waals surface area contributed by atoms with Crippen molar-refractivity contribution in [3.8, 4) is 0 Å². The van der Waals surface area contributed by atoms with Crippen molar-refractivity contribution in [1.29, 1.82) is 0 Å². The molecule has 2 unspecified atom stereocenters. The fourth-order valence-corrected chi connectivity index (χ4v) is 4.73. The summed E-state index contributed by atoms with van der Waals surface area (Å²) >= 11 is 0. The van der Waals surface area contributed by atoms with E-state index in [-0.39, 0.29) is 0 Å². The third-order valence-electron chi connectivity index (χ3n) is 6.65. The van der Waals surface area contributed by atoms with Crippen molar-refractivity contribution in [1.82, 2.24) is 20.4 Å². The molecule has 2 heterocycles. The van der Waals surface area contributed by atoms with E-state index in [1.807, 2.05) is 7.05 Å². The number of morpholine rings is 1. The molecular weight excluding hydrogens is 350 g/mol. The maximum absolute atomic E-state index is 5.57. The van der Waals surface area contributed by atoms with Gasteiger partial charge < -0.3 is 20.3 Å². The lowest BCUT2D eigenvalue weighted by molar-refractivity contribution is 0.00271. The minimum Gasteiger partial charge on any atom is -0.379 e. The lowest BCUT2D eigenvalue weighted by atomic mass is 9.92. The highest BCUT2D eigenvalue weighted by Crippen LogP contribution is 2.20. The lowest BCUT2D eigenvalue weighted by Gasteiger charge is -2.39. The molecule has 2 saturated heterocycles. The van der Waals surface area contributed by atoms with Crippen LogP contribution in [0.25, 0.3) is 0 Å². The van der Waals surface area contributed by atoms with Crippen LogP contribution in [-0.2, 0) is 4.74 Å². The third kappa shape index (κ3) is 7.20.